The lowest BCUT2D eigenvalue weighted by Crippen LogP contribution is -2.56. The molecule has 1 aromatic rings. The molecule has 2 atom stereocenters. The van der Waals surface area contributed by atoms with Crippen LogP contribution in [0.3, 0.4) is 0 Å². The zero-order valence-corrected chi connectivity index (χ0v) is 13.9. The van der Waals surface area contributed by atoms with Crippen LogP contribution in [0.4, 0.5) is 0 Å². The second-order valence-corrected chi connectivity index (χ2v) is 6.85. The smallest absolute Gasteiger partial charge is 0.326 e. The Morgan fingerprint density at radius 3 is 3.00 bits per heavy atom. The summed E-state index contributed by atoms with van der Waals surface area (Å²) in [7, 11) is 0. The van der Waals surface area contributed by atoms with Crippen molar-refractivity contribution in [3.63, 3.8) is 0 Å². The zero-order chi connectivity index (χ0) is 15.3. The topological polar surface area (TPSA) is 51.5 Å². The largest absolute Gasteiger partial charge is 0.468 e. The molecule has 4 nitrogen and oxygen atoms in total. The summed E-state index contributed by atoms with van der Waals surface area (Å²) < 4.78 is 10.7. The first-order chi connectivity index (χ1) is 10.1. The third kappa shape index (κ3) is 3.83. The van der Waals surface area contributed by atoms with E-state index in [0.29, 0.717) is 11.9 Å². The molecule has 118 valence electrons. The zero-order valence-electron chi connectivity index (χ0n) is 13.1. The number of rotatable bonds is 6. The average molecular weight is 311 g/mol. The number of carbonyl (C=O) groups excluding carboxylic acids is 1. The van der Waals surface area contributed by atoms with Gasteiger partial charge in [0, 0.05) is 10.1 Å². The Bertz CT molecular complexity index is 470. The molecule has 1 fully saturated rings. The summed E-state index contributed by atoms with van der Waals surface area (Å²) in [6.45, 7) is 7.10. The van der Waals surface area contributed by atoms with Crippen LogP contribution in [0.25, 0.3) is 0 Å². The van der Waals surface area contributed by atoms with Gasteiger partial charge in [-0.15, -0.1) is 11.8 Å². The van der Waals surface area contributed by atoms with Gasteiger partial charge in [-0.3, -0.25) is 4.79 Å². The maximum Gasteiger partial charge on any atom is 0.326 e. The molecule has 0 aromatic carbocycles. The van der Waals surface area contributed by atoms with Gasteiger partial charge in [-0.2, -0.15) is 0 Å². The average Bonchev–Trinajstić information content (AvgIpc) is 2.85. The van der Waals surface area contributed by atoms with Crippen molar-refractivity contribution in [2.24, 2.45) is 0 Å². The van der Waals surface area contributed by atoms with Crippen LogP contribution in [0.15, 0.2) is 21.6 Å². The Kier molecular flexibility index (Phi) is 5.76. The molecular weight excluding hydrogens is 286 g/mol. The van der Waals surface area contributed by atoms with Crippen molar-refractivity contribution in [3.05, 3.63) is 18.1 Å². The number of hydrogen-bond acceptors (Lipinski definition) is 5. The van der Waals surface area contributed by atoms with Crippen LogP contribution in [0.5, 0.6) is 0 Å². The molecule has 5 heteroatoms. The molecule has 0 saturated heterocycles. The lowest BCUT2D eigenvalue weighted by molar-refractivity contribution is -0.152. The molecule has 0 spiro atoms. The highest BCUT2D eigenvalue weighted by molar-refractivity contribution is 8.00. The molecule has 1 aromatic heterocycles. The number of furan rings is 1. The van der Waals surface area contributed by atoms with E-state index in [1.807, 2.05) is 38.6 Å². The molecule has 0 aliphatic heterocycles. The molecule has 21 heavy (non-hydrogen) atoms. The highest BCUT2D eigenvalue weighted by atomic mass is 32.2. The molecule has 0 radical (unpaired) electrons. The summed E-state index contributed by atoms with van der Waals surface area (Å²) >= 11 is 1.82. The normalized spacial score (nSPS) is 25.8. The van der Waals surface area contributed by atoms with Gasteiger partial charge in [0.25, 0.3) is 0 Å². The van der Waals surface area contributed by atoms with Crippen LogP contribution in [-0.4, -0.2) is 29.9 Å². The minimum absolute atomic E-state index is 0.0962. The maximum absolute atomic E-state index is 12.4. The number of aryl methyl sites for hydroxylation is 1. The van der Waals surface area contributed by atoms with E-state index in [-0.39, 0.29) is 5.97 Å². The van der Waals surface area contributed by atoms with Crippen molar-refractivity contribution in [1.82, 2.24) is 5.32 Å². The van der Waals surface area contributed by atoms with Crippen LogP contribution in [0.1, 0.15) is 45.3 Å². The fourth-order valence-electron chi connectivity index (χ4n) is 3.03. The second kappa shape index (κ2) is 7.36. The SMILES string of the molecule is CCNC1(C(=O)OCC)CCCC(Sc2ccoc2C)C1. The minimum atomic E-state index is -0.516. The van der Waals surface area contributed by atoms with Crippen molar-refractivity contribution in [2.45, 2.75) is 62.1 Å². The van der Waals surface area contributed by atoms with Crippen molar-refractivity contribution in [3.8, 4) is 0 Å². The summed E-state index contributed by atoms with van der Waals surface area (Å²) in [5.74, 6) is 0.858. The lowest BCUT2D eigenvalue weighted by Gasteiger charge is -2.39. The molecule has 2 rings (SSSR count). The summed E-state index contributed by atoms with van der Waals surface area (Å²) in [6.07, 6.45) is 5.57. The molecule has 0 amide bonds. The van der Waals surface area contributed by atoms with Gasteiger partial charge >= 0.3 is 5.97 Å². The quantitative estimate of drug-likeness (QED) is 0.814. The lowest BCUT2D eigenvalue weighted by atomic mass is 9.81. The first-order valence-corrected chi connectivity index (χ1v) is 8.62. The van der Waals surface area contributed by atoms with E-state index in [9.17, 15) is 4.79 Å². The number of nitrogens with one attached hydrogen (secondary N) is 1. The van der Waals surface area contributed by atoms with Crippen LogP contribution in [0.2, 0.25) is 0 Å². The van der Waals surface area contributed by atoms with Gasteiger partial charge in [-0.05, 0) is 52.1 Å². The number of esters is 1. The molecule has 1 saturated carbocycles. The van der Waals surface area contributed by atoms with E-state index in [2.05, 4.69) is 5.32 Å². The minimum Gasteiger partial charge on any atom is -0.468 e. The number of thioether (sulfide) groups is 1. The summed E-state index contributed by atoms with van der Waals surface area (Å²) in [4.78, 5) is 13.6. The number of hydrogen-bond donors (Lipinski definition) is 1. The van der Waals surface area contributed by atoms with E-state index < -0.39 is 5.54 Å². The highest BCUT2D eigenvalue weighted by Crippen LogP contribution is 2.40. The van der Waals surface area contributed by atoms with Gasteiger partial charge in [0.15, 0.2) is 0 Å². The molecule has 1 aliphatic rings. The Balaban J connectivity index is 2.09. The molecule has 1 heterocycles. The van der Waals surface area contributed by atoms with Gasteiger partial charge in [-0.1, -0.05) is 6.92 Å². The maximum atomic E-state index is 12.4. The van der Waals surface area contributed by atoms with Crippen LogP contribution in [0, 0.1) is 6.92 Å². The molecule has 0 bridgehead atoms. The van der Waals surface area contributed by atoms with E-state index in [1.165, 1.54) is 4.90 Å². The Morgan fingerprint density at radius 2 is 2.38 bits per heavy atom. The first kappa shape index (κ1) is 16.4. The van der Waals surface area contributed by atoms with Crippen molar-refractivity contribution in [2.75, 3.05) is 13.2 Å². The summed E-state index contributed by atoms with van der Waals surface area (Å²) in [5.41, 5.74) is -0.516. The van der Waals surface area contributed by atoms with Gasteiger partial charge < -0.3 is 14.5 Å². The first-order valence-electron chi connectivity index (χ1n) is 7.74. The van der Waals surface area contributed by atoms with Gasteiger partial charge in [-0.25, -0.2) is 0 Å². The Hall–Kier alpha value is -0.940. The van der Waals surface area contributed by atoms with Gasteiger partial charge in [0.05, 0.1) is 12.9 Å². The summed E-state index contributed by atoms with van der Waals surface area (Å²) in [6, 6.07) is 2.01. The van der Waals surface area contributed by atoms with Crippen LogP contribution < -0.4 is 5.32 Å². The molecular formula is C16H25NO3S. The number of carbonyl (C=O) groups is 1. The molecule has 1 aliphatic carbocycles. The molecule has 1 N–H and O–H groups in total. The van der Waals surface area contributed by atoms with Gasteiger partial charge in [0.1, 0.15) is 11.3 Å². The van der Waals surface area contributed by atoms with Crippen LogP contribution in [-0.2, 0) is 9.53 Å². The fraction of sp³-hybridized carbons (Fsp3) is 0.688. The Morgan fingerprint density at radius 1 is 1.57 bits per heavy atom. The molecule has 2 unspecified atom stereocenters. The highest BCUT2D eigenvalue weighted by Gasteiger charge is 2.43. The van der Waals surface area contributed by atoms with Crippen molar-refractivity contribution < 1.29 is 13.9 Å². The van der Waals surface area contributed by atoms with Crippen molar-refractivity contribution in [1.29, 1.82) is 0 Å². The monoisotopic (exact) mass is 311 g/mol. The number of likely N-dealkylation sites (N-methyl/N-ethyl adjacent to an activating group) is 1. The fourth-order valence-corrected chi connectivity index (χ4v) is 4.39. The van der Waals surface area contributed by atoms with Crippen LogP contribution >= 0.6 is 11.8 Å². The Labute approximate surface area is 131 Å². The van der Waals surface area contributed by atoms with Crippen molar-refractivity contribution >= 4 is 17.7 Å². The third-order valence-corrected chi connectivity index (χ3v) is 5.41. The van der Waals surface area contributed by atoms with E-state index in [1.54, 1.807) is 6.26 Å². The van der Waals surface area contributed by atoms with E-state index in [4.69, 9.17) is 9.15 Å². The van der Waals surface area contributed by atoms with E-state index >= 15 is 0 Å². The second-order valence-electron chi connectivity index (χ2n) is 5.51. The van der Waals surface area contributed by atoms with Gasteiger partial charge in [0.2, 0.25) is 0 Å². The summed E-state index contributed by atoms with van der Waals surface area (Å²) in [5, 5.41) is 3.81. The third-order valence-electron chi connectivity index (χ3n) is 3.99. The predicted molar refractivity (Wildman–Crippen MR) is 84.6 cm³/mol. The predicted octanol–water partition coefficient (Wildman–Crippen LogP) is 3.53. The van der Waals surface area contributed by atoms with E-state index in [0.717, 1.165) is 38.0 Å². The standard InChI is InChI=1S/C16H25NO3S/c1-4-17-16(15(18)19-5-2)9-6-7-13(11-16)21-14-8-10-20-12(14)3/h8,10,13,17H,4-7,9,11H2,1-3H3. The number of ether oxygens (including phenoxy) is 1.